The second-order valence-electron chi connectivity index (χ2n) is 5.37. The monoisotopic (exact) mass is 266 g/mol. The summed E-state index contributed by atoms with van der Waals surface area (Å²) in [5, 5.41) is 31.6. The maximum absolute atomic E-state index is 11.1. The molecule has 0 spiro atoms. The summed E-state index contributed by atoms with van der Waals surface area (Å²) in [6.07, 6.45) is 0. The largest absolute Gasteiger partial charge is 0.446 e. The van der Waals surface area contributed by atoms with Gasteiger partial charge in [0.25, 0.3) is 11.4 Å². The Morgan fingerprint density at radius 1 is 1.11 bits per heavy atom. The fourth-order valence-electron chi connectivity index (χ4n) is 1.84. The van der Waals surface area contributed by atoms with Crippen LogP contribution < -0.4 is 5.46 Å². The van der Waals surface area contributed by atoms with Gasteiger partial charge in [0.1, 0.15) is 0 Å². The Hall–Kier alpha value is -1.96. The molecule has 0 aromatic heterocycles. The number of hydrogen-bond acceptors (Lipinski definition) is 5. The van der Waals surface area contributed by atoms with E-state index in [-0.39, 0.29) is 22.4 Å². The molecule has 0 atom stereocenters. The van der Waals surface area contributed by atoms with Gasteiger partial charge >= 0.3 is 6.92 Å². The van der Waals surface area contributed by atoms with Gasteiger partial charge in [-0.15, -0.1) is 0 Å². The molecule has 0 aliphatic carbocycles. The van der Waals surface area contributed by atoms with Crippen LogP contribution in [0.3, 0.4) is 0 Å². The molecular weight excluding hydrogens is 251 g/mol. The van der Waals surface area contributed by atoms with Crippen molar-refractivity contribution in [1.29, 1.82) is 0 Å². The second kappa shape index (κ2) is 4.97. The van der Waals surface area contributed by atoms with E-state index in [1.807, 2.05) is 0 Å². The Balaban J connectivity index is 3.70. The summed E-state index contributed by atoms with van der Waals surface area (Å²) >= 11 is 0. The van der Waals surface area contributed by atoms with Crippen LogP contribution in [0.1, 0.15) is 26.3 Å². The second-order valence-corrected chi connectivity index (χ2v) is 5.37. The lowest BCUT2D eigenvalue weighted by Crippen LogP contribution is -2.30. The van der Waals surface area contributed by atoms with Gasteiger partial charge in [-0.05, 0) is 5.41 Å². The van der Waals surface area contributed by atoms with Crippen LogP contribution >= 0.6 is 0 Å². The lowest BCUT2D eigenvalue weighted by atomic mass is 9.63. The fraction of sp³-hybridized carbons (Fsp3) is 0.455. The van der Waals surface area contributed by atoms with Gasteiger partial charge in [-0.2, -0.15) is 0 Å². The average Bonchev–Trinajstić information content (AvgIpc) is 2.25. The highest BCUT2D eigenvalue weighted by atomic mass is 16.6. The van der Waals surface area contributed by atoms with Gasteiger partial charge in [0.2, 0.25) is 0 Å². The third-order valence-corrected chi connectivity index (χ3v) is 2.80. The van der Waals surface area contributed by atoms with E-state index in [1.54, 1.807) is 20.8 Å². The van der Waals surface area contributed by atoms with Crippen LogP contribution in [0.4, 0.5) is 11.4 Å². The highest BCUT2D eigenvalue weighted by Gasteiger charge is 2.32. The Morgan fingerprint density at radius 2 is 1.58 bits per heavy atom. The van der Waals surface area contributed by atoms with Gasteiger partial charge in [-0.1, -0.05) is 27.6 Å². The molecule has 8 heteroatoms. The lowest BCUT2D eigenvalue weighted by molar-refractivity contribution is -0.389. The van der Waals surface area contributed by atoms with Crippen molar-refractivity contribution < 1.29 is 14.9 Å². The lowest BCUT2D eigenvalue weighted by Gasteiger charge is -2.19. The number of nitrogens with zero attached hydrogens (tertiary/aromatic N) is 2. The molecule has 1 rings (SSSR count). The molecule has 0 amide bonds. The summed E-state index contributed by atoms with van der Waals surface area (Å²) in [4.78, 5) is 20.9. The van der Waals surface area contributed by atoms with Crippen molar-refractivity contribution in [3.8, 4) is 0 Å². The molecule has 1 aromatic rings. The highest BCUT2D eigenvalue weighted by molar-refractivity contribution is 6.66. The maximum Gasteiger partial charge on any atom is 0.328 e. The molecule has 0 saturated heterocycles. The molecule has 0 saturated carbocycles. The van der Waals surface area contributed by atoms with E-state index >= 15 is 0 Å². The van der Waals surface area contributed by atoms with Crippen molar-refractivity contribution in [2.24, 2.45) is 0 Å². The van der Waals surface area contributed by atoms with Crippen LogP contribution in [0.2, 0.25) is 6.82 Å². The van der Waals surface area contributed by atoms with Crippen LogP contribution in [0.5, 0.6) is 0 Å². The van der Waals surface area contributed by atoms with Crippen molar-refractivity contribution >= 4 is 23.8 Å². The Bertz CT molecular complexity index is 537. The zero-order valence-corrected chi connectivity index (χ0v) is 11.2. The molecule has 0 unspecified atom stereocenters. The standard InChI is InChI=1S/C11H15BN2O5/c1-11(2,3)7-5-10(14(18)19)8(12(4)15)6-9(7)13(16)17/h5-6,15H,1-4H3. The van der Waals surface area contributed by atoms with Crippen LogP contribution in [-0.4, -0.2) is 21.8 Å². The van der Waals surface area contributed by atoms with Gasteiger partial charge in [0, 0.05) is 23.2 Å². The van der Waals surface area contributed by atoms with E-state index in [2.05, 4.69) is 0 Å². The molecule has 0 aliphatic rings. The van der Waals surface area contributed by atoms with Crippen LogP contribution in [0, 0.1) is 20.2 Å². The SMILES string of the molecule is CB(O)c1cc([N+](=O)[O-])c(C(C)(C)C)cc1[N+](=O)[O-]. The smallest absolute Gasteiger partial charge is 0.328 e. The molecule has 0 bridgehead atoms. The van der Waals surface area contributed by atoms with E-state index in [1.165, 1.54) is 12.9 Å². The number of nitro groups is 2. The maximum atomic E-state index is 11.1. The first-order chi connectivity index (χ1) is 8.55. The number of rotatable bonds is 3. The third kappa shape index (κ3) is 3.08. The molecule has 7 nitrogen and oxygen atoms in total. The van der Waals surface area contributed by atoms with Crippen molar-refractivity contribution in [1.82, 2.24) is 0 Å². The summed E-state index contributed by atoms with van der Waals surface area (Å²) in [6, 6.07) is 2.27. The van der Waals surface area contributed by atoms with Crippen molar-refractivity contribution in [3.63, 3.8) is 0 Å². The summed E-state index contributed by atoms with van der Waals surface area (Å²) in [7, 11) is 0. The summed E-state index contributed by atoms with van der Waals surface area (Å²) < 4.78 is 0. The predicted octanol–water partition coefficient (Wildman–Crippen LogP) is 1.62. The van der Waals surface area contributed by atoms with Gasteiger partial charge in [0.05, 0.1) is 9.85 Å². The van der Waals surface area contributed by atoms with Gasteiger partial charge in [-0.3, -0.25) is 20.2 Å². The molecule has 0 heterocycles. The van der Waals surface area contributed by atoms with Crippen molar-refractivity contribution in [2.75, 3.05) is 0 Å². The molecule has 0 radical (unpaired) electrons. The highest BCUT2D eigenvalue weighted by Crippen LogP contribution is 2.33. The molecule has 102 valence electrons. The fourth-order valence-corrected chi connectivity index (χ4v) is 1.84. The predicted molar refractivity (Wildman–Crippen MR) is 71.9 cm³/mol. The van der Waals surface area contributed by atoms with Crippen molar-refractivity contribution in [3.05, 3.63) is 37.9 Å². The minimum absolute atomic E-state index is 0.0512. The molecular formula is C11H15BN2O5. The topological polar surface area (TPSA) is 107 Å². The number of nitro benzene ring substituents is 2. The molecule has 1 N–H and O–H groups in total. The Morgan fingerprint density at radius 3 is 1.89 bits per heavy atom. The van der Waals surface area contributed by atoms with Crippen molar-refractivity contribution in [2.45, 2.75) is 33.0 Å². The van der Waals surface area contributed by atoms with Gasteiger partial charge in [-0.25, -0.2) is 0 Å². The van der Waals surface area contributed by atoms with E-state index in [0.717, 1.165) is 6.07 Å². The van der Waals surface area contributed by atoms with E-state index in [0.29, 0.717) is 0 Å². The van der Waals surface area contributed by atoms with Crippen LogP contribution in [-0.2, 0) is 5.41 Å². The molecule has 19 heavy (non-hydrogen) atoms. The summed E-state index contributed by atoms with van der Waals surface area (Å²) in [5.41, 5.74) is -0.900. The summed E-state index contributed by atoms with van der Waals surface area (Å²) in [5.74, 6) is 0. The first kappa shape index (κ1) is 15.1. The molecule has 0 aliphatic heterocycles. The minimum Gasteiger partial charge on any atom is -0.446 e. The van der Waals surface area contributed by atoms with Gasteiger partial charge in [0.15, 0.2) is 0 Å². The van der Waals surface area contributed by atoms with E-state index < -0.39 is 22.2 Å². The number of benzene rings is 1. The average molecular weight is 266 g/mol. The van der Waals surface area contributed by atoms with Crippen LogP contribution in [0.15, 0.2) is 12.1 Å². The quantitative estimate of drug-likeness (QED) is 0.508. The minimum atomic E-state index is -1.15. The Labute approximate surface area is 110 Å². The van der Waals surface area contributed by atoms with E-state index in [4.69, 9.17) is 0 Å². The zero-order chi connectivity index (χ0) is 15.0. The van der Waals surface area contributed by atoms with Gasteiger partial charge < -0.3 is 5.02 Å². The first-order valence-corrected chi connectivity index (χ1v) is 5.71. The third-order valence-electron chi connectivity index (χ3n) is 2.80. The first-order valence-electron chi connectivity index (χ1n) is 5.71. The molecule has 0 fully saturated rings. The van der Waals surface area contributed by atoms with E-state index in [9.17, 15) is 25.3 Å². The zero-order valence-electron chi connectivity index (χ0n) is 11.2. The van der Waals surface area contributed by atoms with Crippen LogP contribution in [0.25, 0.3) is 0 Å². The summed E-state index contributed by atoms with van der Waals surface area (Å²) in [6.45, 7) is 5.40. The normalized spacial score (nSPS) is 11.2. The Kier molecular flexibility index (Phi) is 3.95. The molecule has 1 aromatic carbocycles. The number of hydrogen-bond donors (Lipinski definition) is 1.